The summed E-state index contributed by atoms with van der Waals surface area (Å²) in [5, 5.41) is 20.0. The Balaban J connectivity index is 0.000000572. The van der Waals surface area contributed by atoms with E-state index in [2.05, 4.69) is 26.8 Å². The Bertz CT molecular complexity index is 1410. The molecule has 1 aromatic heterocycles. The molecule has 0 aliphatic carbocycles. The number of rotatable bonds is 12. The number of phosphoric ester groups is 1. The number of anilines is 1. The van der Waals surface area contributed by atoms with Gasteiger partial charge >= 0.3 is 52.6 Å². The maximum absolute atomic E-state index is 11.8. The van der Waals surface area contributed by atoms with Crippen molar-refractivity contribution in [3.63, 3.8) is 0 Å². The minimum absolute atomic E-state index is 0.122. The molecule has 1 aliphatic heterocycles. The molecule has 6 atom stereocenters. The fraction of sp³-hybridized carbons (Fsp3) is 0.556. The summed E-state index contributed by atoms with van der Waals surface area (Å²) < 4.78 is 87.2. The second kappa shape index (κ2) is 14.2. The van der Waals surface area contributed by atoms with Crippen LogP contribution in [-0.4, -0.2) is 88.7 Å². The van der Waals surface area contributed by atoms with E-state index in [1.165, 1.54) is 6.07 Å². The van der Waals surface area contributed by atoms with Gasteiger partial charge in [-0.05, 0) is 6.07 Å². The van der Waals surface area contributed by atoms with Gasteiger partial charge in [0.1, 0.15) is 24.1 Å². The van der Waals surface area contributed by atoms with Gasteiger partial charge in [0, 0.05) is 6.20 Å². The van der Waals surface area contributed by atoms with Gasteiger partial charge in [-0.3, -0.25) is 9.09 Å². The summed E-state index contributed by atoms with van der Waals surface area (Å²) in [6.07, 6.45) is -5.38. The summed E-state index contributed by atoms with van der Waals surface area (Å²) in [7, 11) is -32.9. The van der Waals surface area contributed by atoms with E-state index in [1.54, 1.807) is 0 Å². The summed E-state index contributed by atoms with van der Waals surface area (Å²) in [5.41, 5.74) is 4.39. The highest BCUT2D eigenvalue weighted by Crippen LogP contribution is 2.66. The summed E-state index contributed by atoms with van der Waals surface area (Å²) in [4.78, 5) is 90.7. The number of nitrogen functional groups attached to an aromatic ring is 1. The normalized spacial score (nSPS) is 24.7. The van der Waals surface area contributed by atoms with Crippen LogP contribution in [0.2, 0.25) is 0 Å². The molecule has 1 aromatic rings. The number of ether oxygens (including phenoxy) is 1. The molecule has 0 saturated carbocycles. The van der Waals surface area contributed by atoms with Crippen molar-refractivity contribution in [3.8, 4) is 0 Å². The van der Waals surface area contributed by atoms with Crippen LogP contribution in [0.3, 0.4) is 0 Å². The molecule has 42 heavy (non-hydrogen) atoms. The highest BCUT2D eigenvalue weighted by Gasteiger charge is 2.47. The van der Waals surface area contributed by atoms with Crippen molar-refractivity contribution in [1.29, 1.82) is 0 Å². The Labute approximate surface area is 230 Å². The number of hydrogen-bond acceptors (Lipinski definition) is 17. The van der Waals surface area contributed by atoms with Crippen molar-refractivity contribution in [2.45, 2.75) is 24.5 Å². The van der Waals surface area contributed by atoms with E-state index in [-0.39, 0.29) is 5.82 Å². The summed E-state index contributed by atoms with van der Waals surface area (Å²) in [6.45, 7) is -1.02. The smallest absolute Gasteiger partial charge is 0.387 e. The number of hydrogen-bond donors (Lipinski definition) is 12. The predicted molar refractivity (Wildman–Crippen MR) is 125 cm³/mol. The van der Waals surface area contributed by atoms with E-state index < -0.39 is 83.8 Å². The van der Waals surface area contributed by atoms with Crippen molar-refractivity contribution in [3.05, 3.63) is 22.7 Å². The fourth-order valence-corrected chi connectivity index (χ4v) is 8.04. The second-order valence-electron chi connectivity index (χ2n) is 7.09. The lowest BCUT2D eigenvalue weighted by molar-refractivity contribution is -0.0541. The maximum atomic E-state index is 11.8. The van der Waals surface area contributed by atoms with Crippen LogP contribution in [-0.2, 0) is 53.9 Å². The van der Waals surface area contributed by atoms with Crippen LogP contribution in [0.25, 0.3) is 0 Å². The summed E-state index contributed by atoms with van der Waals surface area (Å²) in [6, 6.07) is 1.20. The van der Waals surface area contributed by atoms with Crippen LogP contribution < -0.4 is 11.4 Å². The molecule has 0 radical (unpaired) electrons. The van der Waals surface area contributed by atoms with Gasteiger partial charge in [0.15, 0.2) is 6.23 Å². The lowest BCUT2D eigenvalue weighted by Gasteiger charge is -2.19. The average Bonchev–Trinajstić information content (AvgIpc) is 2.95. The zero-order chi connectivity index (χ0) is 33.1. The molecule has 1 saturated heterocycles. The molecule has 0 aromatic carbocycles. The Morgan fingerprint density at radius 3 is 1.60 bits per heavy atom. The highest BCUT2D eigenvalue weighted by molar-refractivity contribution is 7.67. The number of aromatic nitrogens is 2. The van der Waals surface area contributed by atoms with Gasteiger partial charge in [0.2, 0.25) is 0 Å². The van der Waals surface area contributed by atoms with Crippen molar-refractivity contribution >= 4 is 52.8 Å². The molecular formula is C9H21N3O24P6. The quantitative estimate of drug-likeness (QED) is 0.0955. The molecule has 27 nitrogen and oxygen atoms in total. The lowest BCUT2D eigenvalue weighted by atomic mass is 10.1. The van der Waals surface area contributed by atoms with E-state index >= 15 is 0 Å². The fourth-order valence-electron chi connectivity index (χ4n) is 2.47. The molecule has 1 aliphatic rings. The van der Waals surface area contributed by atoms with Crippen molar-refractivity contribution in [2.75, 3.05) is 12.3 Å². The molecular weight excluding hydrogens is 720 g/mol. The van der Waals surface area contributed by atoms with Crippen LogP contribution in [0.15, 0.2) is 17.1 Å². The minimum atomic E-state index is -5.71. The first kappa shape index (κ1) is 39.4. The third-order valence-corrected chi connectivity index (χ3v) is 10.9. The van der Waals surface area contributed by atoms with E-state index in [1.807, 2.05) is 0 Å². The van der Waals surface area contributed by atoms with Crippen molar-refractivity contribution < 1.29 is 108 Å². The van der Waals surface area contributed by atoms with E-state index in [9.17, 15) is 47.3 Å². The zero-order valence-electron chi connectivity index (χ0n) is 19.6. The Hall–Kier alpha value is -0.620. The van der Waals surface area contributed by atoms with Gasteiger partial charge in [-0.2, -0.15) is 22.2 Å². The first-order chi connectivity index (χ1) is 18.5. The molecule has 2 rings (SSSR count). The van der Waals surface area contributed by atoms with Crippen LogP contribution >= 0.6 is 46.9 Å². The maximum Gasteiger partial charge on any atom is 0.490 e. The Morgan fingerprint density at radius 2 is 1.19 bits per heavy atom. The molecule has 0 amide bonds. The highest BCUT2D eigenvalue weighted by atomic mass is 31.3. The van der Waals surface area contributed by atoms with Crippen LogP contribution in [0.4, 0.5) is 5.82 Å². The SMILES string of the molecule is Nc1ccn([C@@H]2O[C@H](COP(=O)(O)OP(=O)(O)OP(=O)(O)O)[C@@H](O)[C@H]2O)c(=O)n1.O=P(O)(O)OP(=O)(O)OP(=O)(O)O. The second-order valence-corrected chi connectivity index (χ2v) is 15.7. The minimum Gasteiger partial charge on any atom is -0.387 e. The molecule has 2 heterocycles. The molecule has 0 bridgehead atoms. The number of nitrogens with zero attached hydrogens (tertiary/aromatic N) is 2. The Kier molecular flexibility index (Phi) is 13.3. The van der Waals surface area contributed by atoms with Gasteiger partial charge in [-0.25, -0.2) is 32.2 Å². The third kappa shape index (κ3) is 14.9. The number of aliphatic hydroxyl groups excluding tert-OH is 2. The summed E-state index contributed by atoms with van der Waals surface area (Å²) >= 11 is 0. The van der Waals surface area contributed by atoms with Gasteiger partial charge < -0.3 is 64.7 Å². The van der Waals surface area contributed by atoms with Crippen LogP contribution in [0, 0.1) is 0 Å². The van der Waals surface area contributed by atoms with E-state index in [0.717, 1.165) is 10.8 Å². The molecule has 13 N–H and O–H groups in total. The number of aliphatic hydroxyl groups is 2. The van der Waals surface area contributed by atoms with Gasteiger partial charge in [-0.15, -0.1) is 0 Å². The van der Waals surface area contributed by atoms with Gasteiger partial charge in [0.25, 0.3) is 0 Å². The molecule has 246 valence electrons. The largest absolute Gasteiger partial charge is 0.490 e. The van der Waals surface area contributed by atoms with Crippen molar-refractivity contribution in [2.24, 2.45) is 0 Å². The molecule has 0 spiro atoms. The van der Waals surface area contributed by atoms with Crippen LogP contribution in [0.1, 0.15) is 6.23 Å². The summed E-state index contributed by atoms with van der Waals surface area (Å²) in [5.74, 6) is -0.122. The number of phosphoric acid groups is 6. The standard InChI is InChI=1S/C9H16N3O14P3.H5O10P3/c10-5-1-2-12(9(15)11-5)8-7(14)6(13)4(24-8)3-23-28(19,20)26-29(21,22)25-27(16,17)18;1-11(2,3)9-13(7,8)10-12(4,5)6/h1-2,4,6-8,13-14H,3H2,(H,19,20)(H,21,22)(H2,10,11,15)(H2,16,17,18);(H,7,8)(H2,1,2,3)(H2,4,5,6)/t4-,6-,7-,8-;/m1./s1. The lowest BCUT2D eigenvalue weighted by Crippen LogP contribution is -2.36. The van der Waals surface area contributed by atoms with Gasteiger partial charge in [-0.1, -0.05) is 0 Å². The topological polar surface area (TPSA) is 441 Å². The zero-order valence-corrected chi connectivity index (χ0v) is 24.9. The monoisotopic (exact) mass is 741 g/mol. The predicted octanol–water partition coefficient (Wildman–Crippen LogP) is -2.91. The average molecular weight is 741 g/mol. The number of nitrogens with two attached hydrogens (primary N) is 1. The molecule has 2 unspecified atom stereocenters. The van der Waals surface area contributed by atoms with E-state index in [0.29, 0.717) is 0 Å². The van der Waals surface area contributed by atoms with Crippen molar-refractivity contribution in [1.82, 2.24) is 9.55 Å². The first-order valence-corrected chi connectivity index (χ1v) is 18.6. The first-order valence-electron chi connectivity index (χ1n) is 9.53. The van der Waals surface area contributed by atoms with E-state index in [4.69, 9.17) is 49.6 Å². The Morgan fingerprint density at radius 1 is 0.762 bits per heavy atom. The third-order valence-electron chi connectivity index (χ3n) is 3.70. The van der Waals surface area contributed by atoms with Gasteiger partial charge in [0.05, 0.1) is 6.61 Å². The molecule has 1 fully saturated rings. The van der Waals surface area contributed by atoms with Crippen LogP contribution in [0.5, 0.6) is 0 Å². The molecule has 33 heteroatoms.